The first-order valence-corrected chi connectivity index (χ1v) is 6.47. The Kier molecular flexibility index (Phi) is 3.90. The van der Waals surface area contributed by atoms with E-state index in [1.807, 2.05) is 20.0 Å². The average molecular weight is 324 g/mol. The first kappa shape index (κ1) is 13.6. The minimum absolute atomic E-state index is 0.183. The molecule has 0 amide bonds. The average Bonchev–Trinajstić information content (AvgIpc) is 2.63. The van der Waals surface area contributed by atoms with Crippen LogP contribution in [0.5, 0.6) is 0 Å². The number of nitrogens with two attached hydrogens (primary N) is 1. The number of benzene rings is 1. The summed E-state index contributed by atoms with van der Waals surface area (Å²) in [5, 5.41) is 4.19. The number of nitrogen functional groups attached to an aromatic ring is 1. The van der Waals surface area contributed by atoms with E-state index >= 15 is 0 Å². The summed E-state index contributed by atoms with van der Waals surface area (Å²) in [6, 6.07) is 6.86. The molecule has 0 radical (unpaired) electrons. The van der Waals surface area contributed by atoms with E-state index in [2.05, 4.69) is 21.0 Å². The van der Waals surface area contributed by atoms with Crippen molar-refractivity contribution >= 4 is 27.6 Å². The number of esters is 1. The molecule has 0 aliphatic carbocycles. The van der Waals surface area contributed by atoms with Crippen LogP contribution in [0.25, 0.3) is 0 Å². The number of hydrogen-bond donors (Lipinski definition) is 1. The summed E-state index contributed by atoms with van der Waals surface area (Å²) in [5.74, 6) is -0.410. The highest BCUT2D eigenvalue weighted by Gasteiger charge is 2.11. The van der Waals surface area contributed by atoms with Gasteiger partial charge in [-0.25, -0.2) is 4.79 Å². The minimum Gasteiger partial charge on any atom is -0.456 e. The number of anilines is 1. The van der Waals surface area contributed by atoms with Crippen molar-refractivity contribution in [1.29, 1.82) is 0 Å². The molecule has 2 aromatic rings. The number of ether oxygens (including phenoxy) is 1. The molecule has 0 bridgehead atoms. The molecular weight excluding hydrogens is 310 g/mol. The van der Waals surface area contributed by atoms with Crippen molar-refractivity contribution in [2.45, 2.75) is 13.5 Å². The van der Waals surface area contributed by atoms with Gasteiger partial charge in [0.2, 0.25) is 0 Å². The van der Waals surface area contributed by atoms with Gasteiger partial charge in [-0.05, 0) is 31.2 Å². The second-order valence-corrected chi connectivity index (χ2v) is 5.17. The monoisotopic (exact) mass is 323 g/mol. The lowest BCUT2D eigenvalue weighted by molar-refractivity contribution is 0.0463. The molecule has 0 aliphatic heterocycles. The molecule has 1 aromatic heterocycles. The quantitative estimate of drug-likeness (QED) is 0.695. The van der Waals surface area contributed by atoms with Crippen molar-refractivity contribution in [3.8, 4) is 0 Å². The summed E-state index contributed by atoms with van der Waals surface area (Å²) in [4.78, 5) is 11.9. The molecule has 0 saturated carbocycles. The molecule has 5 nitrogen and oxygen atoms in total. The molecule has 2 N–H and O–H groups in total. The van der Waals surface area contributed by atoms with Crippen molar-refractivity contribution < 1.29 is 9.53 Å². The number of halogens is 1. The van der Waals surface area contributed by atoms with Crippen molar-refractivity contribution in [2.24, 2.45) is 7.05 Å². The second-order valence-electron chi connectivity index (χ2n) is 4.25. The van der Waals surface area contributed by atoms with Crippen LogP contribution in [0.3, 0.4) is 0 Å². The van der Waals surface area contributed by atoms with Gasteiger partial charge in [-0.2, -0.15) is 5.10 Å². The number of aromatic nitrogens is 2. The van der Waals surface area contributed by atoms with Crippen LogP contribution in [0.2, 0.25) is 0 Å². The molecule has 0 unspecified atom stereocenters. The number of nitrogens with zero attached hydrogens (tertiary/aromatic N) is 2. The zero-order valence-corrected chi connectivity index (χ0v) is 12.3. The predicted molar refractivity (Wildman–Crippen MR) is 75.6 cm³/mol. The number of rotatable bonds is 3. The lowest BCUT2D eigenvalue weighted by Crippen LogP contribution is -2.08. The topological polar surface area (TPSA) is 70.1 Å². The van der Waals surface area contributed by atoms with Crippen molar-refractivity contribution in [2.75, 3.05) is 5.73 Å². The van der Waals surface area contributed by atoms with Crippen LogP contribution >= 0.6 is 15.9 Å². The van der Waals surface area contributed by atoms with E-state index in [1.165, 1.54) is 0 Å². The number of aryl methyl sites for hydroxylation is 2. The largest absolute Gasteiger partial charge is 0.456 e. The Morgan fingerprint density at radius 3 is 2.74 bits per heavy atom. The number of hydrogen-bond acceptors (Lipinski definition) is 4. The third kappa shape index (κ3) is 3.35. The summed E-state index contributed by atoms with van der Waals surface area (Å²) in [7, 11) is 1.81. The molecule has 0 saturated heterocycles. The van der Waals surface area contributed by atoms with Crippen LogP contribution in [0, 0.1) is 6.92 Å². The predicted octanol–water partition coefficient (Wildman–Crippen LogP) is 2.43. The van der Waals surface area contributed by atoms with Crippen LogP contribution in [-0.2, 0) is 18.4 Å². The summed E-state index contributed by atoms with van der Waals surface area (Å²) in [5.41, 5.74) is 8.34. The van der Waals surface area contributed by atoms with E-state index in [4.69, 9.17) is 10.5 Å². The SMILES string of the molecule is Cc1cc(COC(=O)c2cc(N)cc(Br)c2)n(C)n1. The fourth-order valence-corrected chi connectivity index (χ4v) is 2.26. The Morgan fingerprint density at radius 1 is 1.42 bits per heavy atom. The maximum atomic E-state index is 11.9. The highest BCUT2D eigenvalue weighted by atomic mass is 79.9. The normalized spacial score (nSPS) is 10.5. The van der Waals surface area contributed by atoms with Crippen LogP contribution in [0.4, 0.5) is 5.69 Å². The molecule has 1 heterocycles. The third-order valence-electron chi connectivity index (χ3n) is 2.61. The van der Waals surface area contributed by atoms with Gasteiger partial charge < -0.3 is 10.5 Å². The molecule has 0 spiro atoms. The molecule has 6 heteroatoms. The fourth-order valence-electron chi connectivity index (χ4n) is 1.75. The Bertz CT molecular complexity index is 602. The maximum absolute atomic E-state index is 11.9. The van der Waals surface area contributed by atoms with Crippen LogP contribution < -0.4 is 5.73 Å². The first-order valence-electron chi connectivity index (χ1n) is 5.68. The zero-order valence-electron chi connectivity index (χ0n) is 10.7. The van der Waals surface area contributed by atoms with Gasteiger partial charge in [0.15, 0.2) is 0 Å². The van der Waals surface area contributed by atoms with Gasteiger partial charge in [0, 0.05) is 17.2 Å². The summed E-state index contributed by atoms with van der Waals surface area (Å²) >= 11 is 3.29. The Labute approximate surface area is 119 Å². The third-order valence-corrected chi connectivity index (χ3v) is 3.06. The Balaban J connectivity index is 2.07. The standard InChI is InChI=1S/C13H14BrN3O2/c1-8-3-12(17(2)16-8)7-19-13(18)9-4-10(14)6-11(15)5-9/h3-6H,7,15H2,1-2H3. The van der Waals surface area contributed by atoms with Gasteiger partial charge in [0.1, 0.15) is 6.61 Å². The van der Waals surface area contributed by atoms with E-state index in [-0.39, 0.29) is 6.61 Å². The van der Waals surface area contributed by atoms with Gasteiger partial charge in [0.05, 0.1) is 17.0 Å². The molecule has 1 aromatic carbocycles. The molecule has 0 atom stereocenters. The Morgan fingerprint density at radius 2 is 2.16 bits per heavy atom. The highest BCUT2D eigenvalue weighted by molar-refractivity contribution is 9.10. The van der Waals surface area contributed by atoms with E-state index in [9.17, 15) is 4.79 Å². The van der Waals surface area contributed by atoms with Gasteiger partial charge in [-0.15, -0.1) is 0 Å². The van der Waals surface area contributed by atoms with Crippen LogP contribution in [0.1, 0.15) is 21.7 Å². The zero-order chi connectivity index (χ0) is 14.0. The molecule has 2 rings (SSSR count). The fraction of sp³-hybridized carbons (Fsp3) is 0.231. The summed E-state index contributed by atoms with van der Waals surface area (Å²) in [6.07, 6.45) is 0. The van der Waals surface area contributed by atoms with Gasteiger partial charge >= 0.3 is 5.97 Å². The van der Waals surface area contributed by atoms with Crippen molar-refractivity contribution in [1.82, 2.24) is 9.78 Å². The smallest absolute Gasteiger partial charge is 0.338 e. The van der Waals surface area contributed by atoms with Crippen LogP contribution in [0.15, 0.2) is 28.7 Å². The first-order chi connectivity index (χ1) is 8.95. The molecule has 0 aliphatic rings. The minimum atomic E-state index is -0.410. The van der Waals surface area contributed by atoms with E-state index in [1.54, 1.807) is 22.9 Å². The number of carbonyl (C=O) groups excluding carboxylic acids is 1. The molecule has 100 valence electrons. The molecule has 0 fully saturated rings. The van der Waals surface area contributed by atoms with Crippen molar-refractivity contribution in [3.63, 3.8) is 0 Å². The summed E-state index contributed by atoms with van der Waals surface area (Å²) in [6.45, 7) is 2.07. The lowest BCUT2D eigenvalue weighted by atomic mass is 10.2. The van der Waals surface area contributed by atoms with Crippen LogP contribution in [-0.4, -0.2) is 15.7 Å². The number of carbonyl (C=O) groups is 1. The van der Waals surface area contributed by atoms with Gasteiger partial charge in [-0.3, -0.25) is 4.68 Å². The maximum Gasteiger partial charge on any atom is 0.338 e. The van der Waals surface area contributed by atoms with Gasteiger partial charge in [0.25, 0.3) is 0 Å². The van der Waals surface area contributed by atoms with Crippen molar-refractivity contribution in [3.05, 3.63) is 45.7 Å². The molecule has 19 heavy (non-hydrogen) atoms. The summed E-state index contributed by atoms with van der Waals surface area (Å²) < 4.78 is 7.68. The lowest BCUT2D eigenvalue weighted by Gasteiger charge is -2.06. The Hall–Kier alpha value is -1.82. The van der Waals surface area contributed by atoms with Gasteiger partial charge in [-0.1, -0.05) is 15.9 Å². The van der Waals surface area contributed by atoms with E-state index in [0.717, 1.165) is 15.9 Å². The second kappa shape index (κ2) is 5.44. The molecular formula is C13H14BrN3O2. The van der Waals surface area contributed by atoms with E-state index in [0.29, 0.717) is 11.3 Å². The highest BCUT2D eigenvalue weighted by Crippen LogP contribution is 2.18. The van der Waals surface area contributed by atoms with E-state index < -0.39 is 5.97 Å².